The van der Waals surface area contributed by atoms with E-state index in [0.717, 1.165) is 37.1 Å². The van der Waals surface area contributed by atoms with Crippen molar-refractivity contribution in [3.63, 3.8) is 0 Å². The van der Waals surface area contributed by atoms with Crippen molar-refractivity contribution in [1.29, 1.82) is 0 Å². The summed E-state index contributed by atoms with van der Waals surface area (Å²) in [7, 11) is 3.23. The lowest BCUT2D eigenvalue weighted by Crippen LogP contribution is -2.42. The van der Waals surface area contributed by atoms with E-state index in [4.69, 9.17) is 15.2 Å². The fraction of sp³-hybridized carbons (Fsp3) is 0.381. The number of amides is 1. The van der Waals surface area contributed by atoms with Crippen LogP contribution in [0.1, 0.15) is 23.2 Å². The molecule has 2 aromatic carbocycles. The van der Waals surface area contributed by atoms with Crippen LogP contribution in [-0.2, 0) is 0 Å². The van der Waals surface area contributed by atoms with Crippen LogP contribution in [0.4, 0.5) is 0 Å². The van der Waals surface area contributed by atoms with E-state index in [9.17, 15) is 4.79 Å². The third-order valence-electron chi connectivity index (χ3n) is 4.97. The zero-order valence-electron chi connectivity index (χ0n) is 15.4. The van der Waals surface area contributed by atoms with Gasteiger partial charge in [-0.2, -0.15) is 0 Å². The maximum Gasteiger partial charge on any atom is 0.253 e. The molecular formula is C21H26N2O3. The van der Waals surface area contributed by atoms with Gasteiger partial charge in [-0.15, -0.1) is 0 Å². The highest BCUT2D eigenvalue weighted by Crippen LogP contribution is 2.32. The van der Waals surface area contributed by atoms with Crippen molar-refractivity contribution >= 4 is 5.91 Å². The molecule has 2 aromatic rings. The minimum absolute atomic E-state index is 0.0745. The summed E-state index contributed by atoms with van der Waals surface area (Å²) in [5.74, 6) is 1.83. The Labute approximate surface area is 154 Å². The lowest BCUT2D eigenvalue weighted by atomic mass is 9.97. The number of benzene rings is 2. The Hall–Kier alpha value is -2.53. The fourth-order valence-electron chi connectivity index (χ4n) is 3.47. The Bertz CT molecular complexity index is 776. The molecule has 0 radical (unpaired) electrons. The van der Waals surface area contributed by atoms with Crippen molar-refractivity contribution in [2.75, 3.05) is 33.9 Å². The first-order chi connectivity index (χ1) is 12.7. The summed E-state index contributed by atoms with van der Waals surface area (Å²) in [6.07, 6.45) is 2.12. The number of carbonyl (C=O) groups excluding carboxylic acids is 1. The number of hydrogen-bond acceptors (Lipinski definition) is 4. The van der Waals surface area contributed by atoms with Crippen molar-refractivity contribution in [1.82, 2.24) is 4.90 Å². The average Bonchev–Trinajstić information content (AvgIpc) is 2.72. The first-order valence-electron chi connectivity index (χ1n) is 8.98. The number of ether oxygens (including phenoxy) is 2. The first kappa shape index (κ1) is 18.3. The van der Waals surface area contributed by atoms with E-state index in [0.29, 0.717) is 29.5 Å². The van der Waals surface area contributed by atoms with Crippen molar-refractivity contribution in [3.05, 3.63) is 48.0 Å². The number of piperidine rings is 1. The highest BCUT2D eigenvalue weighted by atomic mass is 16.5. The minimum atomic E-state index is 0.0745. The van der Waals surface area contributed by atoms with E-state index in [-0.39, 0.29) is 5.91 Å². The van der Waals surface area contributed by atoms with E-state index in [1.54, 1.807) is 14.2 Å². The summed E-state index contributed by atoms with van der Waals surface area (Å²) in [6.45, 7) is 2.18. The molecule has 138 valence electrons. The van der Waals surface area contributed by atoms with E-state index in [1.165, 1.54) is 0 Å². The summed E-state index contributed by atoms with van der Waals surface area (Å²) in [6, 6.07) is 13.5. The zero-order chi connectivity index (χ0) is 18.5. The number of hydrogen-bond donors (Lipinski definition) is 1. The average molecular weight is 354 g/mol. The number of rotatable bonds is 5. The SMILES string of the molecule is COc1ccc(-c2cccc(C(=O)N3CCC[C@@H](CN)C3)c2)cc1OC. The summed E-state index contributed by atoms with van der Waals surface area (Å²) in [5, 5.41) is 0. The topological polar surface area (TPSA) is 64.8 Å². The number of methoxy groups -OCH3 is 2. The first-order valence-corrected chi connectivity index (χ1v) is 8.98. The fourth-order valence-corrected chi connectivity index (χ4v) is 3.47. The number of likely N-dealkylation sites (tertiary alicyclic amines) is 1. The molecular weight excluding hydrogens is 328 g/mol. The van der Waals surface area contributed by atoms with Gasteiger partial charge >= 0.3 is 0 Å². The van der Waals surface area contributed by atoms with Crippen LogP contribution < -0.4 is 15.2 Å². The molecule has 1 fully saturated rings. The predicted molar refractivity (Wildman–Crippen MR) is 103 cm³/mol. The van der Waals surface area contributed by atoms with Gasteiger partial charge in [0.2, 0.25) is 0 Å². The molecule has 5 nitrogen and oxygen atoms in total. The van der Waals surface area contributed by atoms with Crippen LogP contribution in [0.25, 0.3) is 11.1 Å². The molecule has 0 aromatic heterocycles. The van der Waals surface area contributed by atoms with Crippen molar-refractivity contribution in [3.8, 4) is 22.6 Å². The van der Waals surface area contributed by atoms with Crippen LogP contribution in [0.3, 0.4) is 0 Å². The van der Waals surface area contributed by atoms with Gasteiger partial charge in [-0.1, -0.05) is 18.2 Å². The van der Waals surface area contributed by atoms with E-state index in [1.807, 2.05) is 47.4 Å². The third-order valence-corrected chi connectivity index (χ3v) is 4.97. The summed E-state index contributed by atoms with van der Waals surface area (Å²) in [5.41, 5.74) is 8.46. The Morgan fingerprint density at radius 1 is 1.12 bits per heavy atom. The smallest absolute Gasteiger partial charge is 0.253 e. The molecule has 2 N–H and O–H groups in total. The number of nitrogens with zero attached hydrogens (tertiary/aromatic N) is 1. The lowest BCUT2D eigenvalue weighted by molar-refractivity contribution is 0.0678. The van der Waals surface area contributed by atoms with E-state index < -0.39 is 0 Å². The molecule has 1 atom stereocenters. The molecule has 1 heterocycles. The monoisotopic (exact) mass is 354 g/mol. The molecule has 0 aliphatic carbocycles. The van der Waals surface area contributed by atoms with Crippen molar-refractivity contribution in [2.24, 2.45) is 11.7 Å². The maximum absolute atomic E-state index is 12.9. The van der Waals surface area contributed by atoms with Gasteiger partial charge in [0, 0.05) is 18.7 Å². The van der Waals surface area contributed by atoms with Crippen LogP contribution in [0.15, 0.2) is 42.5 Å². The molecule has 0 unspecified atom stereocenters. The largest absolute Gasteiger partial charge is 0.493 e. The van der Waals surface area contributed by atoms with Gasteiger partial charge in [0.25, 0.3) is 5.91 Å². The summed E-state index contributed by atoms with van der Waals surface area (Å²) < 4.78 is 10.7. The van der Waals surface area contributed by atoms with Crippen molar-refractivity contribution in [2.45, 2.75) is 12.8 Å². The van der Waals surface area contributed by atoms with Gasteiger partial charge in [0.15, 0.2) is 11.5 Å². The van der Waals surface area contributed by atoms with Crippen LogP contribution in [-0.4, -0.2) is 44.7 Å². The minimum Gasteiger partial charge on any atom is -0.493 e. The highest BCUT2D eigenvalue weighted by Gasteiger charge is 2.23. The molecule has 0 bridgehead atoms. The van der Waals surface area contributed by atoms with Crippen LogP contribution >= 0.6 is 0 Å². The molecule has 26 heavy (non-hydrogen) atoms. The third kappa shape index (κ3) is 3.83. The van der Waals surface area contributed by atoms with Crippen molar-refractivity contribution < 1.29 is 14.3 Å². The number of nitrogens with two attached hydrogens (primary N) is 1. The van der Waals surface area contributed by atoms with Gasteiger partial charge in [0.05, 0.1) is 14.2 Å². The Kier molecular flexibility index (Phi) is 5.78. The standard InChI is InChI=1S/C21H26N2O3/c1-25-19-9-8-17(12-20(19)26-2)16-6-3-7-18(11-16)21(24)23-10-4-5-15(13-22)14-23/h3,6-9,11-12,15H,4-5,10,13-14,22H2,1-2H3/t15-/m0/s1. The molecule has 0 spiro atoms. The van der Waals surface area contributed by atoms with Gasteiger partial charge in [-0.05, 0) is 60.7 Å². The second-order valence-electron chi connectivity index (χ2n) is 6.65. The molecule has 5 heteroatoms. The van der Waals surface area contributed by atoms with Crippen LogP contribution in [0.5, 0.6) is 11.5 Å². The number of carbonyl (C=O) groups is 1. The van der Waals surface area contributed by atoms with Gasteiger partial charge in [-0.3, -0.25) is 4.79 Å². The lowest BCUT2D eigenvalue weighted by Gasteiger charge is -2.32. The molecule has 0 saturated carbocycles. The predicted octanol–water partition coefficient (Wildman–Crippen LogP) is 3.18. The normalized spacial score (nSPS) is 17.0. The van der Waals surface area contributed by atoms with Crippen LogP contribution in [0, 0.1) is 5.92 Å². The van der Waals surface area contributed by atoms with Gasteiger partial charge in [-0.25, -0.2) is 0 Å². The highest BCUT2D eigenvalue weighted by molar-refractivity contribution is 5.95. The Morgan fingerprint density at radius 2 is 1.88 bits per heavy atom. The quantitative estimate of drug-likeness (QED) is 0.896. The second-order valence-corrected chi connectivity index (χ2v) is 6.65. The van der Waals surface area contributed by atoms with Gasteiger partial charge in [0.1, 0.15) is 0 Å². The molecule has 1 aliphatic rings. The molecule has 1 aliphatic heterocycles. The zero-order valence-corrected chi connectivity index (χ0v) is 15.4. The van der Waals surface area contributed by atoms with E-state index >= 15 is 0 Å². The van der Waals surface area contributed by atoms with Crippen LogP contribution in [0.2, 0.25) is 0 Å². The Balaban J connectivity index is 1.85. The molecule has 1 saturated heterocycles. The van der Waals surface area contributed by atoms with E-state index in [2.05, 4.69) is 0 Å². The second kappa shape index (κ2) is 8.23. The Morgan fingerprint density at radius 3 is 2.62 bits per heavy atom. The molecule has 1 amide bonds. The summed E-state index contributed by atoms with van der Waals surface area (Å²) in [4.78, 5) is 14.8. The maximum atomic E-state index is 12.9. The molecule has 3 rings (SSSR count). The summed E-state index contributed by atoms with van der Waals surface area (Å²) >= 11 is 0. The van der Waals surface area contributed by atoms with Gasteiger partial charge < -0.3 is 20.1 Å².